The number of hydrogen-bond donors (Lipinski definition) is 1. The maximum Gasteiger partial charge on any atom is -1.00 e. The Morgan fingerprint density at radius 1 is 0.944 bits per heavy atom. The largest absolute Gasteiger partial charge is 1.00 e. The van der Waals surface area contributed by atoms with Gasteiger partial charge in [0, 0.05) is 0 Å². The molecule has 0 saturated heterocycles. The quantitative estimate of drug-likeness (QED) is 0.581. The van der Waals surface area contributed by atoms with E-state index in [0.29, 0.717) is 0 Å². The summed E-state index contributed by atoms with van der Waals surface area (Å²) in [6, 6.07) is 0. The van der Waals surface area contributed by atoms with Gasteiger partial charge in [0.2, 0.25) is 0 Å². The second-order valence-electron chi connectivity index (χ2n) is 6.38. The Hall–Kier alpha value is 0.734. The summed E-state index contributed by atoms with van der Waals surface area (Å²) >= 11 is -0.210. The summed E-state index contributed by atoms with van der Waals surface area (Å²) in [5.74, 6) is 0. The standard InChI is InChI=1S/C10H15.C4H10N.2ClH.Ti/c1-7-6-10(4,5)9(3)8(7)2;1-4(2,3)5;;;/h1-5H3;5H,1-3H3;2*1H;/q;-1;;;+3/p-2. The summed E-state index contributed by atoms with van der Waals surface area (Å²) in [6.45, 7) is 18.3. The van der Waals surface area contributed by atoms with E-state index in [-0.39, 0.29) is 55.2 Å². The van der Waals surface area contributed by atoms with Crippen LogP contribution in [0, 0.1) is 5.41 Å². The minimum absolute atomic E-state index is 0. The van der Waals surface area contributed by atoms with E-state index in [9.17, 15) is 0 Å². The molecule has 0 atom stereocenters. The molecule has 1 aliphatic carbocycles. The van der Waals surface area contributed by atoms with Crippen molar-refractivity contribution in [1.82, 2.24) is 3.80 Å². The van der Waals surface area contributed by atoms with Crippen molar-refractivity contribution in [2.45, 2.75) is 60.9 Å². The Kier molecular flexibility index (Phi) is 8.12. The molecule has 0 aliphatic heterocycles. The number of rotatable bonds is 2. The van der Waals surface area contributed by atoms with Gasteiger partial charge in [0.15, 0.2) is 0 Å². The zero-order valence-corrected chi connectivity index (χ0v) is 15.8. The van der Waals surface area contributed by atoms with Crippen LogP contribution in [0.3, 0.4) is 0 Å². The topological polar surface area (TPSA) is 12.0 Å². The van der Waals surface area contributed by atoms with Crippen LogP contribution in [0.5, 0.6) is 0 Å². The molecule has 104 valence electrons. The summed E-state index contributed by atoms with van der Waals surface area (Å²) in [7, 11) is 0. The minimum atomic E-state index is -0.210. The average molecular weight is 326 g/mol. The third kappa shape index (κ3) is 4.39. The van der Waals surface area contributed by atoms with Crippen molar-refractivity contribution in [3.63, 3.8) is 0 Å². The maximum absolute atomic E-state index is 3.73. The van der Waals surface area contributed by atoms with Gasteiger partial charge in [-0.2, -0.15) is 0 Å². The van der Waals surface area contributed by atoms with Crippen LogP contribution in [0.1, 0.15) is 55.4 Å². The molecule has 0 amide bonds. The van der Waals surface area contributed by atoms with E-state index in [1.807, 2.05) is 0 Å². The zero-order valence-electron chi connectivity index (χ0n) is 12.8. The molecule has 0 heterocycles. The van der Waals surface area contributed by atoms with Crippen LogP contribution in [0.25, 0.3) is 0 Å². The first-order valence-electron chi connectivity index (χ1n) is 6.00. The number of allylic oxidation sites excluding steroid dienone is 4. The molecule has 0 unspecified atom stereocenters. The van der Waals surface area contributed by atoms with Crippen molar-refractivity contribution in [2.24, 2.45) is 5.41 Å². The van der Waals surface area contributed by atoms with Gasteiger partial charge >= 0.3 is 110 Å². The number of hydrogen-bond acceptors (Lipinski definition) is 1. The molecule has 1 nitrogen and oxygen atoms in total. The maximum atomic E-state index is 3.73. The first-order valence-corrected chi connectivity index (χ1v) is 7.56. The molecule has 1 rings (SSSR count). The summed E-state index contributed by atoms with van der Waals surface area (Å²) in [4.78, 5) is 0. The van der Waals surface area contributed by atoms with Crippen LogP contribution in [-0.2, 0) is 19.4 Å². The molecule has 1 aliphatic rings. The Morgan fingerprint density at radius 2 is 1.39 bits per heavy atom. The fourth-order valence-electron chi connectivity index (χ4n) is 2.09. The van der Waals surface area contributed by atoms with E-state index in [0.717, 1.165) is 0 Å². The smallest absolute Gasteiger partial charge is 1.00 e. The molecular formula is C14H25Cl2NTi. The van der Waals surface area contributed by atoms with Crippen LogP contribution >= 0.6 is 0 Å². The minimum Gasteiger partial charge on any atom is -1.00 e. The Morgan fingerprint density at radius 3 is 1.67 bits per heavy atom. The predicted octanol–water partition coefficient (Wildman–Crippen LogP) is -1.97. The van der Waals surface area contributed by atoms with Crippen molar-refractivity contribution in [3.8, 4) is 0 Å². The van der Waals surface area contributed by atoms with Gasteiger partial charge in [-0.15, -0.1) is 0 Å². The van der Waals surface area contributed by atoms with Crippen molar-refractivity contribution < 1.29 is 44.2 Å². The number of halogens is 2. The summed E-state index contributed by atoms with van der Waals surface area (Å²) in [5.41, 5.74) is 5.14. The molecule has 4 heteroatoms. The van der Waals surface area contributed by atoms with Gasteiger partial charge in [-0.25, -0.2) is 0 Å². The van der Waals surface area contributed by atoms with Crippen molar-refractivity contribution >= 4 is 0 Å². The Bertz CT molecular complexity index is 362. The second kappa shape index (κ2) is 6.95. The predicted molar refractivity (Wildman–Crippen MR) is 67.7 cm³/mol. The third-order valence-electron chi connectivity index (χ3n) is 3.62. The van der Waals surface area contributed by atoms with Gasteiger partial charge < -0.3 is 24.8 Å². The molecule has 0 spiro atoms. The summed E-state index contributed by atoms with van der Waals surface area (Å²) in [5, 5.41) is 0. The van der Waals surface area contributed by atoms with Gasteiger partial charge in [0.25, 0.3) is 0 Å². The zero-order chi connectivity index (χ0) is 12.7. The molecule has 0 fully saturated rings. The van der Waals surface area contributed by atoms with E-state index >= 15 is 0 Å². The van der Waals surface area contributed by atoms with Gasteiger partial charge in [0.1, 0.15) is 0 Å². The van der Waals surface area contributed by atoms with Crippen molar-refractivity contribution in [3.05, 3.63) is 20.6 Å². The molecular weight excluding hydrogens is 301 g/mol. The summed E-state index contributed by atoms with van der Waals surface area (Å²) < 4.78 is 5.41. The molecule has 18 heavy (non-hydrogen) atoms. The SMILES string of the molecule is CC1=C(C)C(C)(C)[C]([Ti+2][NH]C(C)(C)C)=C1C.[Cl-].[Cl-]. The van der Waals surface area contributed by atoms with Gasteiger partial charge in [-0.05, 0) is 0 Å². The average Bonchev–Trinajstić information content (AvgIpc) is 2.25. The van der Waals surface area contributed by atoms with E-state index in [1.165, 1.54) is 5.57 Å². The summed E-state index contributed by atoms with van der Waals surface area (Å²) in [6.07, 6.45) is 0. The van der Waals surface area contributed by atoms with Crippen LogP contribution in [0.15, 0.2) is 20.6 Å². The van der Waals surface area contributed by atoms with Crippen LogP contribution in [0.2, 0.25) is 0 Å². The normalized spacial score (nSPS) is 18.2. The van der Waals surface area contributed by atoms with E-state index in [1.54, 1.807) is 15.0 Å². The van der Waals surface area contributed by atoms with Crippen molar-refractivity contribution in [1.29, 1.82) is 0 Å². The molecule has 0 radical (unpaired) electrons. The molecule has 0 aromatic rings. The fraction of sp³-hybridized carbons (Fsp3) is 0.714. The Labute approximate surface area is 134 Å². The van der Waals surface area contributed by atoms with Crippen LogP contribution in [-0.4, -0.2) is 5.54 Å². The van der Waals surface area contributed by atoms with Crippen LogP contribution < -0.4 is 28.6 Å². The Balaban J connectivity index is 0. The van der Waals surface area contributed by atoms with Gasteiger partial charge in [-0.3, -0.25) is 0 Å². The third-order valence-corrected chi connectivity index (χ3v) is 6.94. The van der Waals surface area contributed by atoms with Gasteiger partial charge in [0.05, 0.1) is 0 Å². The first-order chi connectivity index (χ1) is 7.07. The van der Waals surface area contributed by atoms with Crippen molar-refractivity contribution in [2.75, 3.05) is 0 Å². The van der Waals surface area contributed by atoms with E-state index < -0.39 is 0 Å². The molecule has 0 aromatic heterocycles. The molecule has 0 aromatic carbocycles. The van der Waals surface area contributed by atoms with E-state index in [2.05, 4.69) is 59.2 Å². The fourth-order valence-corrected chi connectivity index (χ4v) is 4.24. The van der Waals surface area contributed by atoms with Gasteiger partial charge in [-0.1, -0.05) is 0 Å². The first kappa shape index (κ1) is 21.0. The molecule has 1 N–H and O–H groups in total. The second-order valence-corrected chi connectivity index (χ2v) is 7.94. The molecule has 0 bridgehead atoms. The van der Waals surface area contributed by atoms with Crippen LogP contribution in [0.4, 0.5) is 0 Å². The number of nitrogens with one attached hydrogen (secondary N) is 1. The molecule has 0 saturated carbocycles. The monoisotopic (exact) mass is 325 g/mol. The van der Waals surface area contributed by atoms with E-state index in [4.69, 9.17) is 0 Å².